The molecule has 86 valence electrons. The fourth-order valence-electron chi connectivity index (χ4n) is 2.30. The van der Waals surface area contributed by atoms with E-state index in [0.29, 0.717) is 12.5 Å². The first-order chi connectivity index (χ1) is 7.72. The second-order valence-corrected chi connectivity index (χ2v) is 5.07. The van der Waals surface area contributed by atoms with Crippen molar-refractivity contribution in [2.45, 2.75) is 32.2 Å². The quantitative estimate of drug-likeness (QED) is 0.812. The number of hydrogen-bond acceptors (Lipinski definition) is 1. The Bertz CT molecular complexity index is 374. The molecule has 1 aliphatic heterocycles. The van der Waals surface area contributed by atoms with Gasteiger partial charge in [-0.25, -0.2) is 0 Å². The van der Waals surface area contributed by atoms with Crippen molar-refractivity contribution in [3.63, 3.8) is 0 Å². The lowest BCUT2D eigenvalue weighted by Gasteiger charge is -2.24. The molecule has 0 N–H and O–H groups in total. The van der Waals surface area contributed by atoms with Crippen LogP contribution < -0.4 is 0 Å². The van der Waals surface area contributed by atoms with Gasteiger partial charge in [0.25, 0.3) is 0 Å². The maximum absolute atomic E-state index is 11.8. The molecule has 1 aromatic rings. The van der Waals surface area contributed by atoms with Crippen LogP contribution in [0.25, 0.3) is 0 Å². The Balaban J connectivity index is 2.19. The minimum absolute atomic E-state index is 0.269. The van der Waals surface area contributed by atoms with Crippen molar-refractivity contribution in [1.29, 1.82) is 0 Å². The lowest BCUT2D eigenvalue weighted by atomic mass is 10.0. The average Bonchev–Trinajstić information content (AvgIpc) is 2.78. The van der Waals surface area contributed by atoms with Gasteiger partial charge in [-0.05, 0) is 30.5 Å². The van der Waals surface area contributed by atoms with Gasteiger partial charge in [-0.1, -0.05) is 35.0 Å². The number of amides is 1. The SMILES string of the molecule is CCC(=O)N1CCCC1c1ccc(Br)cc1. The summed E-state index contributed by atoms with van der Waals surface area (Å²) in [5.41, 5.74) is 1.25. The average molecular weight is 282 g/mol. The standard InChI is InChI=1S/C13H16BrNO/c1-2-13(16)15-9-3-4-12(15)10-5-7-11(14)8-6-10/h5-8,12H,2-4,9H2,1H3. The molecule has 1 unspecified atom stereocenters. The maximum Gasteiger partial charge on any atom is 0.222 e. The summed E-state index contributed by atoms with van der Waals surface area (Å²) >= 11 is 3.43. The van der Waals surface area contributed by atoms with Gasteiger partial charge in [0, 0.05) is 17.4 Å². The molecule has 0 aromatic heterocycles. The predicted octanol–water partition coefficient (Wildman–Crippen LogP) is 3.52. The van der Waals surface area contributed by atoms with Gasteiger partial charge in [0.1, 0.15) is 0 Å². The molecule has 1 aromatic carbocycles. The van der Waals surface area contributed by atoms with Gasteiger partial charge < -0.3 is 4.90 Å². The summed E-state index contributed by atoms with van der Waals surface area (Å²) in [7, 11) is 0. The normalized spacial score (nSPS) is 20.1. The van der Waals surface area contributed by atoms with Crippen molar-refractivity contribution < 1.29 is 4.79 Å². The first-order valence-electron chi connectivity index (χ1n) is 5.77. The number of halogens is 1. The van der Waals surface area contributed by atoms with Gasteiger partial charge in [0.15, 0.2) is 0 Å². The fraction of sp³-hybridized carbons (Fsp3) is 0.462. The van der Waals surface area contributed by atoms with Crippen LogP contribution in [0.4, 0.5) is 0 Å². The molecule has 1 amide bonds. The van der Waals surface area contributed by atoms with Crippen LogP contribution in [0.3, 0.4) is 0 Å². The van der Waals surface area contributed by atoms with Crippen molar-refractivity contribution >= 4 is 21.8 Å². The van der Waals surface area contributed by atoms with E-state index >= 15 is 0 Å². The van der Waals surface area contributed by atoms with E-state index in [9.17, 15) is 4.79 Å². The van der Waals surface area contributed by atoms with Crippen LogP contribution in [-0.4, -0.2) is 17.4 Å². The third-order valence-electron chi connectivity index (χ3n) is 3.13. The molecule has 0 radical (unpaired) electrons. The third kappa shape index (κ3) is 2.29. The lowest BCUT2D eigenvalue weighted by Crippen LogP contribution is -2.29. The summed E-state index contributed by atoms with van der Waals surface area (Å²) in [5.74, 6) is 0.269. The molecule has 2 nitrogen and oxygen atoms in total. The summed E-state index contributed by atoms with van der Waals surface area (Å²) in [6, 6.07) is 8.59. The van der Waals surface area contributed by atoms with Crippen LogP contribution in [0, 0.1) is 0 Å². The molecule has 1 heterocycles. The van der Waals surface area contributed by atoms with Crippen molar-refractivity contribution in [3.8, 4) is 0 Å². The van der Waals surface area contributed by atoms with E-state index in [1.807, 2.05) is 24.0 Å². The smallest absolute Gasteiger partial charge is 0.222 e. The number of carbonyl (C=O) groups excluding carboxylic acids is 1. The molecule has 0 bridgehead atoms. The number of benzene rings is 1. The molecular formula is C13H16BrNO. The summed E-state index contributed by atoms with van der Waals surface area (Å²) in [6.07, 6.45) is 2.81. The Morgan fingerprint density at radius 3 is 2.75 bits per heavy atom. The Morgan fingerprint density at radius 2 is 2.12 bits per heavy atom. The second-order valence-electron chi connectivity index (χ2n) is 4.15. The van der Waals surface area contributed by atoms with E-state index in [4.69, 9.17) is 0 Å². The molecule has 1 aliphatic rings. The Morgan fingerprint density at radius 1 is 1.44 bits per heavy atom. The number of nitrogens with zero attached hydrogens (tertiary/aromatic N) is 1. The van der Waals surface area contributed by atoms with E-state index in [0.717, 1.165) is 23.9 Å². The highest BCUT2D eigenvalue weighted by molar-refractivity contribution is 9.10. The number of rotatable bonds is 2. The van der Waals surface area contributed by atoms with Gasteiger partial charge in [-0.2, -0.15) is 0 Å². The zero-order valence-electron chi connectivity index (χ0n) is 9.45. The van der Waals surface area contributed by atoms with Gasteiger partial charge in [0.2, 0.25) is 5.91 Å². The van der Waals surface area contributed by atoms with Gasteiger partial charge in [0.05, 0.1) is 6.04 Å². The monoisotopic (exact) mass is 281 g/mol. The fourth-order valence-corrected chi connectivity index (χ4v) is 2.56. The summed E-state index contributed by atoms with van der Waals surface area (Å²) in [4.78, 5) is 13.8. The van der Waals surface area contributed by atoms with Crippen molar-refractivity contribution in [3.05, 3.63) is 34.3 Å². The second kappa shape index (κ2) is 5.00. The Labute approximate surface area is 105 Å². The number of likely N-dealkylation sites (tertiary alicyclic amines) is 1. The molecule has 1 atom stereocenters. The van der Waals surface area contributed by atoms with Gasteiger partial charge >= 0.3 is 0 Å². The maximum atomic E-state index is 11.8. The topological polar surface area (TPSA) is 20.3 Å². The van der Waals surface area contributed by atoms with E-state index in [2.05, 4.69) is 28.1 Å². The van der Waals surface area contributed by atoms with Crippen LogP contribution in [0.2, 0.25) is 0 Å². The number of hydrogen-bond donors (Lipinski definition) is 0. The minimum Gasteiger partial charge on any atom is -0.336 e. The number of carbonyl (C=O) groups is 1. The van der Waals surface area contributed by atoms with E-state index in [1.165, 1.54) is 5.56 Å². The Kier molecular flexibility index (Phi) is 3.64. The minimum atomic E-state index is 0.269. The molecule has 2 rings (SSSR count). The van der Waals surface area contributed by atoms with Crippen LogP contribution in [0.1, 0.15) is 37.8 Å². The molecule has 0 aliphatic carbocycles. The predicted molar refractivity (Wildman–Crippen MR) is 68.1 cm³/mol. The molecule has 1 fully saturated rings. The summed E-state index contributed by atoms with van der Waals surface area (Å²) < 4.78 is 1.09. The molecule has 1 saturated heterocycles. The molecule has 16 heavy (non-hydrogen) atoms. The zero-order valence-corrected chi connectivity index (χ0v) is 11.0. The van der Waals surface area contributed by atoms with Crippen molar-refractivity contribution in [2.24, 2.45) is 0 Å². The van der Waals surface area contributed by atoms with E-state index < -0.39 is 0 Å². The van der Waals surface area contributed by atoms with E-state index in [1.54, 1.807) is 0 Å². The van der Waals surface area contributed by atoms with Crippen molar-refractivity contribution in [1.82, 2.24) is 4.90 Å². The van der Waals surface area contributed by atoms with Crippen LogP contribution in [-0.2, 0) is 4.79 Å². The molecular weight excluding hydrogens is 266 g/mol. The van der Waals surface area contributed by atoms with E-state index in [-0.39, 0.29) is 5.91 Å². The lowest BCUT2D eigenvalue weighted by molar-refractivity contribution is -0.131. The molecule has 0 saturated carbocycles. The van der Waals surface area contributed by atoms with Gasteiger partial charge in [-0.3, -0.25) is 4.79 Å². The Hall–Kier alpha value is -0.830. The molecule has 3 heteroatoms. The summed E-state index contributed by atoms with van der Waals surface area (Å²) in [5, 5.41) is 0. The zero-order chi connectivity index (χ0) is 11.5. The van der Waals surface area contributed by atoms with Gasteiger partial charge in [-0.15, -0.1) is 0 Å². The first kappa shape index (κ1) is 11.6. The first-order valence-corrected chi connectivity index (χ1v) is 6.56. The van der Waals surface area contributed by atoms with Crippen molar-refractivity contribution in [2.75, 3.05) is 6.54 Å². The largest absolute Gasteiger partial charge is 0.336 e. The highest BCUT2D eigenvalue weighted by Crippen LogP contribution is 2.32. The summed E-state index contributed by atoms with van der Waals surface area (Å²) in [6.45, 7) is 2.84. The van der Waals surface area contributed by atoms with Crippen LogP contribution >= 0.6 is 15.9 Å². The highest BCUT2D eigenvalue weighted by atomic mass is 79.9. The van der Waals surface area contributed by atoms with Crippen LogP contribution in [0.15, 0.2) is 28.7 Å². The highest BCUT2D eigenvalue weighted by Gasteiger charge is 2.28. The third-order valence-corrected chi connectivity index (χ3v) is 3.66. The van der Waals surface area contributed by atoms with Crippen LogP contribution in [0.5, 0.6) is 0 Å². The molecule has 0 spiro atoms.